The molecule has 0 aromatic heterocycles. The SMILES string of the molecule is [B][B]CB(C)F. The molecule has 0 spiro atoms. The van der Waals surface area contributed by atoms with Crippen LogP contribution in [-0.2, 0) is 0 Å². The van der Waals surface area contributed by atoms with Crippen LogP contribution in [0.4, 0.5) is 4.32 Å². The lowest BCUT2D eigenvalue weighted by molar-refractivity contribution is 0.843. The van der Waals surface area contributed by atoms with Crippen molar-refractivity contribution in [3.8, 4) is 0 Å². The second-order valence-electron chi connectivity index (χ2n) is 1.25. The van der Waals surface area contributed by atoms with Gasteiger partial charge >= 0.3 is 6.99 Å². The summed E-state index contributed by atoms with van der Waals surface area (Å²) in [6.45, 7) is 0.693. The normalized spacial score (nSPS) is 7.67. The minimum Gasteiger partial charge on any atom is -0.337 e. The predicted molar refractivity (Wildman–Crippen MR) is 29.0 cm³/mol. The third-order valence-corrected chi connectivity index (χ3v) is 0.461. The summed E-state index contributed by atoms with van der Waals surface area (Å²) in [5, 5.41) is 0. The van der Waals surface area contributed by atoms with Crippen LogP contribution < -0.4 is 0 Å². The van der Waals surface area contributed by atoms with Crippen molar-refractivity contribution in [1.29, 1.82) is 0 Å². The highest BCUT2D eigenvalue weighted by molar-refractivity contribution is 6.94. The quantitative estimate of drug-likeness (QED) is 0.419. The van der Waals surface area contributed by atoms with E-state index in [1.807, 2.05) is 0 Å². The van der Waals surface area contributed by atoms with Gasteiger partial charge in [0.2, 0.25) is 0 Å². The van der Waals surface area contributed by atoms with Gasteiger partial charge in [-0.05, 0) is 0 Å². The molecule has 6 heavy (non-hydrogen) atoms. The molecule has 0 bridgehead atoms. The second-order valence-corrected chi connectivity index (χ2v) is 1.25. The summed E-state index contributed by atoms with van der Waals surface area (Å²) in [6, 6.07) is 0. The fraction of sp³-hybridized carbons (Fsp3) is 1.00. The molecular weight excluding hydrogens is 75.5 g/mol. The monoisotopic (exact) mass is 81.1 g/mol. The van der Waals surface area contributed by atoms with Gasteiger partial charge in [0.1, 0.15) is 0 Å². The van der Waals surface area contributed by atoms with Crippen molar-refractivity contribution in [3.63, 3.8) is 0 Å². The molecular formula is C2H5B3F. The fourth-order valence-electron chi connectivity index (χ4n) is 0.188. The van der Waals surface area contributed by atoms with E-state index in [-0.39, 0.29) is 0 Å². The minimum absolute atomic E-state index is 0.361. The van der Waals surface area contributed by atoms with Crippen LogP contribution in [0.5, 0.6) is 0 Å². The van der Waals surface area contributed by atoms with Crippen LogP contribution in [-0.4, -0.2) is 21.9 Å². The zero-order valence-corrected chi connectivity index (χ0v) is 3.82. The van der Waals surface area contributed by atoms with E-state index in [9.17, 15) is 4.32 Å². The molecule has 0 amide bonds. The summed E-state index contributed by atoms with van der Waals surface area (Å²) in [4.78, 5) is 0. The van der Waals surface area contributed by atoms with Crippen molar-refractivity contribution in [2.75, 3.05) is 0 Å². The van der Waals surface area contributed by atoms with Crippen molar-refractivity contribution < 1.29 is 4.32 Å². The molecule has 0 aliphatic carbocycles. The lowest BCUT2D eigenvalue weighted by Gasteiger charge is -1.85. The Kier molecular flexibility index (Phi) is 3.39. The first-order valence-corrected chi connectivity index (χ1v) is 1.95. The maximum Gasteiger partial charge on any atom is 0.336 e. The van der Waals surface area contributed by atoms with E-state index in [1.165, 1.54) is 14.0 Å². The number of hydrogen-bond acceptors (Lipinski definition) is 0. The van der Waals surface area contributed by atoms with Crippen molar-refractivity contribution in [3.05, 3.63) is 0 Å². The number of halogens is 1. The van der Waals surface area contributed by atoms with Gasteiger partial charge in [-0.2, -0.15) is 0 Å². The molecule has 0 nitrogen and oxygen atoms in total. The second kappa shape index (κ2) is 3.32. The van der Waals surface area contributed by atoms with Crippen LogP contribution in [0.15, 0.2) is 0 Å². The van der Waals surface area contributed by atoms with Crippen LogP contribution in [0.1, 0.15) is 0 Å². The van der Waals surface area contributed by atoms with Gasteiger partial charge in [-0.1, -0.05) is 13.0 Å². The van der Waals surface area contributed by atoms with Gasteiger partial charge in [0, 0.05) is 14.9 Å². The summed E-state index contributed by atoms with van der Waals surface area (Å²) in [5.41, 5.74) is 0. The van der Waals surface area contributed by atoms with Crippen molar-refractivity contribution >= 4 is 21.9 Å². The Labute approximate surface area is 40.3 Å². The molecule has 0 aromatic rings. The zero-order valence-electron chi connectivity index (χ0n) is 3.82. The van der Waals surface area contributed by atoms with Crippen LogP contribution in [0, 0.1) is 0 Å². The zero-order chi connectivity index (χ0) is 4.99. The summed E-state index contributed by atoms with van der Waals surface area (Å²) >= 11 is 0. The van der Waals surface area contributed by atoms with E-state index in [2.05, 4.69) is 0 Å². The van der Waals surface area contributed by atoms with Crippen LogP contribution in [0.3, 0.4) is 0 Å². The van der Waals surface area contributed by atoms with Gasteiger partial charge in [0.05, 0.1) is 0 Å². The Balaban J connectivity index is 2.63. The first kappa shape index (κ1) is 6.12. The molecule has 0 saturated heterocycles. The Morgan fingerprint density at radius 3 is 2.50 bits per heavy atom. The Morgan fingerprint density at radius 2 is 2.50 bits per heavy atom. The molecule has 0 fully saturated rings. The molecule has 29 valence electrons. The molecule has 0 heterocycles. The van der Waals surface area contributed by atoms with Crippen LogP contribution in [0.2, 0.25) is 13.0 Å². The summed E-state index contributed by atoms with van der Waals surface area (Å²) in [7, 11) is 6.19. The average Bonchev–Trinajstić information content (AvgIpc) is 1.35. The molecule has 0 atom stereocenters. The Morgan fingerprint density at radius 1 is 2.00 bits per heavy atom. The average molecular weight is 80.5 g/mol. The van der Waals surface area contributed by atoms with Crippen molar-refractivity contribution in [2.45, 2.75) is 13.0 Å². The lowest BCUT2D eigenvalue weighted by Crippen LogP contribution is -2.02. The molecule has 0 rings (SSSR count). The Hall–Kier alpha value is 0.125. The molecule has 0 N–H and O–H groups in total. The molecule has 0 aliphatic rings. The topological polar surface area (TPSA) is 0 Å². The van der Waals surface area contributed by atoms with Gasteiger partial charge < -0.3 is 4.32 Å². The van der Waals surface area contributed by atoms with Crippen molar-refractivity contribution in [1.82, 2.24) is 0 Å². The largest absolute Gasteiger partial charge is 0.337 e. The molecule has 3 radical (unpaired) electrons. The van der Waals surface area contributed by atoms with Crippen LogP contribution >= 0.6 is 0 Å². The van der Waals surface area contributed by atoms with E-state index in [0.29, 0.717) is 6.22 Å². The summed E-state index contributed by atoms with van der Waals surface area (Å²) in [6.07, 6.45) is 0.361. The molecule has 0 saturated carbocycles. The van der Waals surface area contributed by atoms with Gasteiger partial charge in [-0.15, -0.1) is 0 Å². The fourth-order valence-corrected chi connectivity index (χ4v) is 0.188. The van der Waals surface area contributed by atoms with E-state index in [4.69, 9.17) is 7.74 Å². The van der Waals surface area contributed by atoms with Gasteiger partial charge in [-0.3, -0.25) is 0 Å². The van der Waals surface area contributed by atoms with Gasteiger partial charge in [0.25, 0.3) is 0 Å². The summed E-state index contributed by atoms with van der Waals surface area (Å²) < 4.78 is 11.6. The van der Waals surface area contributed by atoms with E-state index in [0.717, 1.165) is 0 Å². The smallest absolute Gasteiger partial charge is 0.336 e. The van der Waals surface area contributed by atoms with Gasteiger partial charge in [0.15, 0.2) is 0 Å². The highest BCUT2D eigenvalue weighted by atomic mass is 19.1. The van der Waals surface area contributed by atoms with Gasteiger partial charge in [-0.25, -0.2) is 0 Å². The third kappa shape index (κ3) is 4.12. The number of rotatable bonds is 2. The highest BCUT2D eigenvalue weighted by Gasteiger charge is 1.99. The first-order valence-electron chi connectivity index (χ1n) is 1.95. The predicted octanol–water partition coefficient (Wildman–Crippen LogP) is 0.322. The molecule has 0 unspecified atom stereocenters. The molecule has 0 aliphatic heterocycles. The maximum atomic E-state index is 11.6. The van der Waals surface area contributed by atoms with Crippen LogP contribution in [0.25, 0.3) is 0 Å². The molecule has 0 aromatic carbocycles. The third-order valence-electron chi connectivity index (χ3n) is 0.461. The minimum atomic E-state index is -0.782. The van der Waals surface area contributed by atoms with E-state index < -0.39 is 6.99 Å². The van der Waals surface area contributed by atoms with E-state index in [1.54, 1.807) is 0 Å². The molecule has 4 heteroatoms. The maximum absolute atomic E-state index is 11.6. The number of hydrogen-bond donors (Lipinski definition) is 0. The summed E-state index contributed by atoms with van der Waals surface area (Å²) in [5.74, 6) is 0. The van der Waals surface area contributed by atoms with E-state index >= 15 is 0 Å². The Bertz CT molecular complexity index is 30.0. The first-order chi connectivity index (χ1) is 2.77. The lowest BCUT2D eigenvalue weighted by atomic mass is 9.42. The highest BCUT2D eigenvalue weighted by Crippen LogP contribution is 1.86. The standard InChI is InChI=1S/C2H5B3F/c1-5(6)2-4-3/h2H2,1H3. The van der Waals surface area contributed by atoms with Crippen molar-refractivity contribution in [2.24, 2.45) is 0 Å².